The van der Waals surface area contributed by atoms with Gasteiger partial charge >= 0.3 is 0 Å². The summed E-state index contributed by atoms with van der Waals surface area (Å²) in [6.07, 6.45) is 3.62. The highest BCUT2D eigenvalue weighted by atomic mass is 16.2. The van der Waals surface area contributed by atoms with Crippen molar-refractivity contribution in [2.45, 2.75) is 38.3 Å². The Kier molecular flexibility index (Phi) is 8.79. The predicted molar refractivity (Wildman–Crippen MR) is 163 cm³/mol. The van der Waals surface area contributed by atoms with E-state index in [1.54, 1.807) is 6.07 Å². The quantitative estimate of drug-likeness (QED) is 0.291. The third-order valence-corrected chi connectivity index (χ3v) is 7.73. The van der Waals surface area contributed by atoms with E-state index in [4.69, 9.17) is 5.73 Å². The minimum atomic E-state index is -0.318. The zero-order valence-electron chi connectivity index (χ0n) is 22.9. The van der Waals surface area contributed by atoms with Gasteiger partial charge in [-0.1, -0.05) is 78.9 Å². The molecule has 0 radical (unpaired) electrons. The number of hydrogen-bond donors (Lipinski definition) is 2. The Hall–Kier alpha value is -4.13. The van der Waals surface area contributed by atoms with Crippen LogP contribution in [0.3, 0.4) is 0 Å². The number of nitrogens with zero attached hydrogens (tertiary/aromatic N) is 2. The first-order valence-electron chi connectivity index (χ1n) is 14.0. The molecule has 204 valence electrons. The van der Waals surface area contributed by atoms with E-state index in [0.29, 0.717) is 12.0 Å². The lowest BCUT2D eigenvalue weighted by Gasteiger charge is -2.39. The first-order chi connectivity index (χ1) is 19.5. The number of carbonyl (C=O) groups excluding carboxylic acids is 2. The van der Waals surface area contributed by atoms with Crippen molar-refractivity contribution in [3.8, 4) is 11.1 Å². The van der Waals surface area contributed by atoms with Gasteiger partial charge in [-0.3, -0.25) is 9.59 Å². The van der Waals surface area contributed by atoms with Crippen LogP contribution in [0.15, 0.2) is 96.0 Å². The Balaban J connectivity index is 1.45. The number of nitrogens with two attached hydrogens (primary N) is 1. The maximum absolute atomic E-state index is 14.0. The first-order valence-corrected chi connectivity index (χ1v) is 14.0. The minimum absolute atomic E-state index is 0.130. The molecule has 6 nitrogen and oxygen atoms in total. The summed E-state index contributed by atoms with van der Waals surface area (Å²) in [5, 5.41) is 5.75. The van der Waals surface area contributed by atoms with E-state index in [1.165, 1.54) is 11.6 Å². The lowest BCUT2D eigenvalue weighted by molar-refractivity contribution is -0.136. The van der Waals surface area contributed by atoms with Crippen LogP contribution in [0, 0.1) is 0 Å². The second-order valence-electron chi connectivity index (χ2n) is 10.3. The topological polar surface area (TPSA) is 87.8 Å². The monoisotopic (exact) mass is 532 g/mol. The molecule has 1 saturated heterocycles. The molecule has 1 aliphatic heterocycles. The Morgan fingerprint density at radius 1 is 0.950 bits per heavy atom. The third kappa shape index (κ3) is 6.19. The highest BCUT2D eigenvalue weighted by molar-refractivity contribution is 6.04. The molecule has 4 aromatic rings. The highest BCUT2D eigenvalue weighted by Gasteiger charge is 2.30. The maximum atomic E-state index is 14.0. The van der Waals surface area contributed by atoms with Crippen molar-refractivity contribution in [3.05, 3.63) is 108 Å². The number of fused-ring (bicyclic) bond motifs is 1. The van der Waals surface area contributed by atoms with Gasteiger partial charge in [0.1, 0.15) is 0 Å². The van der Waals surface area contributed by atoms with Crippen LogP contribution < -0.4 is 11.1 Å². The predicted octanol–water partition coefficient (Wildman–Crippen LogP) is 5.56. The van der Waals surface area contributed by atoms with Crippen molar-refractivity contribution in [1.29, 1.82) is 0 Å². The number of carbonyl (C=O) groups is 2. The number of aliphatic imine (C=N–C) groups is 1. The van der Waals surface area contributed by atoms with Gasteiger partial charge in [0.15, 0.2) is 0 Å². The van der Waals surface area contributed by atoms with Gasteiger partial charge in [-0.05, 0) is 78.0 Å². The largest absolute Gasteiger partial charge is 0.333 e. The molecule has 6 heteroatoms. The van der Waals surface area contributed by atoms with E-state index >= 15 is 0 Å². The molecule has 1 aliphatic rings. The summed E-state index contributed by atoms with van der Waals surface area (Å²) < 4.78 is 0. The van der Waals surface area contributed by atoms with Gasteiger partial charge in [-0.2, -0.15) is 0 Å². The second-order valence-corrected chi connectivity index (χ2v) is 10.3. The van der Waals surface area contributed by atoms with Crippen LogP contribution in [0.5, 0.6) is 0 Å². The molecule has 4 aromatic carbocycles. The Morgan fingerprint density at radius 3 is 2.50 bits per heavy atom. The van der Waals surface area contributed by atoms with Gasteiger partial charge < -0.3 is 16.0 Å². The lowest BCUT2D eigenvalue weighted by Crippen LogP contribution is -2.47. The normalized spacial score (nSPS) is 14.8. The molecule has 1 atom stereocenters. The van der Waals surface area contributed by atoms with Crippen molar-refractivity contribution in [2.75, 3.05) is 19.6 Å². The van der Waals surface area contributed by atoms with Crippen LogP contribution in [0.1, 0.15) is 47.3 Å². The molecule has 1 heterocycles. The van der Waals surface area contributed by atoms with Gasteiger partial charge in [0.25, 0.3) is 5.91 Å². The van der Waals surface area contributed by atoms with Crippen molar-refractivity contribution in [1.82, 2.24) is 10.2 Å². The van der Waals surface area contributed by atoms with Crippen LogP contribution in [0.4, 0.5) is 0 Å². The van der Waals surface area contributed by atoms with Crippen LogP contribution in [-0.2, 0) is 11.2 Å². The maximum Gasteiger partial charge on any atom is 0.277 e. The summed E-state index contributed by atoms with van der Waals surface area (Å²) in [6, 6.07) is 30.2. The molecule has 5 rings (SSSR count). The smallest absolute Gasteiger partial charge is 0.277 e. The molecule has 0 aliphatic carbocycles. The average Bonchev–Trinajstić information content (AvgIpc) is 3.00. The van der Waals surface area contributed by atoms with E-state index in [0.717, 1.165) is 53.6 Å². The molecule has 3 N–H and O–H groups in total. The van der Waals surface area contributed by atoms with Gasteiger partial charge in [0.05, 0.1) is 12.5 Å². The Morgan fingerprint density at radius 2 is 1.70 bits per heavy atom. The van der Waals surface area contributed by atoms with Gasteiger partial charge in [-0.25, -0.2) is 4.99 Å². The summed E-state index contributed by atoms with van der Waals surface area (Å²) >= 11 is 0. The standard InChI is InChI=1S/C34H36N4O2/c1-24(27-9-6-10-29(23-27)31-11-4-5-12-32(31)34(40)37-20-17-35)38(30-15-18-36-19-16-30)33(39)22-25-13-14-26-7-2-3-8-28(26)21-25/h2-14,20-21,23-24,30,36H,15-19,22,35H2,1H3. The molecule has 0 spiro atoms. The third-order valence-electron chi connectivity index (χ3n) is 7.73. The number of hydrogen-bond acceptors (Lipinski definition) is 4. The molecule has 0 aromatic heterocycles. The zero-order valence-corrected chi connectivity index (χ0v) is 22.9. The van der Waals surface area contributed by atoms with E-state index in [-0.39, 0.29) is 30.4 Å². The number of amides is 2. The fourth-order valence-electron chi connectivity index (χ4n) is 5.69. The lowest BCUT2D eigenvalue weighted by atomic mass is 9.93. The van der Waals surface area contributed by atoms with Crippen LogP contribution in [0.2, 0.25) is 0 Å². The summed E-state index contributed by atoms with van der Waals surface area (Å²) in [4.78, 5) is 32.8. The molecule has 0 saturated carbocycles. The van der Waals surface area contributed by atoms with Gasteiger partial charge in [0, 0.05) is 24.4 Å². The second kappa shape index (κ2) is 12.8. The summed E-state index contributed by atoms with van der Waals surface area (Å²) in [5.41, 5.74) is 9.83. The van der Waals surface area contributed by atoms with E-state index in [1.807, 2.05) is 42.5 Å². The fourth-order valence-corrected chi connectivity index (χ4v) is 5.69. The Bertz CT molecular complexity index is 1520. The summed E-state index contributed by atoms with van der Waals surface area (Å²) in [5.74, 6) is -0.187. The first kappa shape index (κ1) is 27.4. The van der Waals surface area contributed by atoms with Crippen molar-refractivity contribution in [3.63, 3.8) is 0 Å². The molecule has 0 bridgehead atoms. The van der Waals surface area contributed by atoms with E-state index in [2.05, 4.69) is 64.6 Å². The van der Waals surface area contributed by atoms with Gasteiger partial charge in [0.2, 0.25) is 5.91 Å². The van der Waals surface area contributed by atoms with Crippen LogP contribution in [0.25, 0.3) is 21.9 Å². The number of benzene rings is 4. The van der Waals surface area contributed by atoms with Crippen LogP contribution >= 0.6 is 0 Å². The zero-order chi connectivity index (χ0) is 27.9. The SMILES string of the molecule is CC(c1cccc(-c2ccccc2C(=O)N=CCN)c1)N(C(=O)Cc1ccc2ccccc2c1)C1CCNCC1. The molecule has 1 unspecified atom stereocenters. The molecule has 1 fully saturated rings. The summed E-state index contributed by atoms with van der Waals surface area (Å²) in [6.45, 7) is 4.12. The molecule has 40 heavy (non-hydrogen) atoms. The minimum Gasteiger partial charge on any atom is -0.333 e. The van der Waals surface area contributed by atoms with E-state index in [9.17, 15) is 9.59 Å². The molecular formula is C34H36N4O2. The fraction of sp³-hybridized carbons (Fsp3) is 0.265. The van der Waals surface area contributed by atoms with Crippen molar-refractivity contribution < 1.29 is 9.59 Å². The van der Waals surface area contributed by atoms with Crippen molar-refractivity contribution >= 4 is 28.8 Å². The molecule has 2 amide bonds. The van der Waals surface area contributed by atoms with Crippen molar-refractivity contribution in [2.24, 2.45) is 10.7 Å². The average molecular weight is 533 g/mol. The molecular weight excluding hydrogens is 496 g/mol. The van der Waals surface area contributed by atoms with E-state index < -0.39 is 0 Å². The Labute approximate surface area is 235 Å². The summed E-state index contributed by atoms with van der Waals surface area (Å²) in [7, 11) is 0. The highest BCUT2D eigenvalue weighted by Crippen LogP contribution is 2.32. The van der Waals surface area contributed by atoms with Crippen LogP contribution in [-0.4, -0.2) is 48.6 Å². The number of nitrogens with one attached hydrogen (secondary N) is 1. The number of rotatable bonds is 8. The van der Waals surface area contributed by atoms with Gasteiger partial charge in [-0.15, -0.1) is 0 Å². The number of piperidine rings is 1.